The Hall–Kier alpha value is -1.78. The zero-order chi connectivity index (χ0) is 13.1. The fourth-order valence-electron chi connectivity index (χ4n) is 1.36. The van der Waals surface area contributed by atoms with Gasteiger partial charge in [-0.3, -0.25) is 4.79 Å². The largest absolute Gasteiger partial charge is 0.399 e. The average molecular weight is 239 g/mol. The van der Waals surface area contributed by atoms with Crippen LogP contribution in [0.4, 0.5) is 15.8 Å². The van der Waals surface area contributed by atoms with Crippen LogP contribution in [0.1, 0.15) is 20.8 Å². The summed E-state index contributed by atoms with van der Waals surface area (Å²) in [7, 11) is 0. The first-order valence-electron chi connectivity index (χ1n) is 5.37. The van der Waals surface area contributed by atoms with Crippen molar-refractivity contribution in [2.45, 2.75) is 26.3 Å². The molecule has 1 rings (SSSR count). The van der Waals surface area contributed by atoms with Gasteiger partial charge in [-0.2, -0.15) is 0 Å². The molecule has 94 valence electrons. The molecule has 0 unspecified atom stereocenters. The fourth-order valence-corrected chi connectivity index (χ4v) is 1.36. The van der Waals surface area contributed by atoms with Gasteiger partial charge >= 0.3 is 0 Å². The molecule has 0 aliphatic heterocycles. The van der Waals surface area contributed by atoms with Gasteiger partial charge in [0.15, 0.2) is 0 Å². The molecular formula is C12H18FN3O. The summed E-state index contributed by atoms with van der Waals surface area (Å²) < 4.78 is 13.0. The van der Waals surface area contributed by atoms with Crippen LogP contribution < -0.4 is 16.4 Å². The molecule has 1 amide bonds. The number of nitrogens with two attached hydrogens (primary N) is 1. The van der Waals surface area contributed by atoms with E-state index in [-0.39, 0.29) is 18.0 Å². The summed E-state index contributed by atoms with van der Waals surface area (Å²) in [5, 5.41) is 5.61. The summed E-state index contributed by atoms with van der Waals surface area (Å²) in [5.41, 5.74) is 6.02. The van der Waals surface area contributed by atoms with E-state index in [4.69, 9.17) is 5.73 Å². The molecule has 1 aromatic carbocycles. The Morgan fingerprint density at radius 3 is 2.53 bits per heavy atom. The number of nitrogen functional groups attached to an aromatic ring is 1. The van der Waals surface area contributed by atoms with Gasteiger partial charge in [0, 0.05) is 16.9 Å². The lowest BCUT2D eigenvalue weighted by Crippen LogP contribution is -2.43. The van der Waals surface area contributed by atoms with E-state index in [2.05, 4.69) is 10.6 Å². The van der Waals surface area contributed by atoms with Crippen LogP contribution in [0.5, 0.6) is 0 Å². The highest BCUT2D eigenvalue weighted by molar-refractivity contribution is 5.81. The third kappa shape index (κ3) is 5.19. The second kappa shape index (κ2) is 5.03. The molecule has 0 heterocycles. The minimum absolute atomic E-state index is 0.0835. The van der Waals surface area contributed by atoms with Crippen molar-refractivity contribution in [1.29, 1.82) is 0 Å². The van der Waals surface area contributed by atoms with Gasteiger partial charge in [0.1, 0.15) is 5.82 Å². The van der Waals surface area contributed by atoms with Crippen LogP contribution in [0.25, 0.3) is 0 Å². The maximum Gasteiger partial charge on any atom is 0.239 e. The first-order chi connectivity index (χ1) is 7.76. The number of amides is 1. The van der Waals surface area contributed by atoms with Crippen molar-refractivity contribution in [2.24, 2.45) is 0 Å². The van der Waals surface area contributed by atoms with Crippen LogP contribution in [0.3, 0.4) is 0 Å². The van der Waals surface area contributed by atoms with Crippen LogP contribution in [0, 0.1) is 5.82 Å². The van der Waals surface area contributed by atoms with Crippen LogP contribution >= 0.6 is 0 Å². The maximum absolute atomic E-state index is 13.0. The van der Waals surface area contributed by atoms with Gasteiger partial charge in [-0.15, -0.1) is 0 Å². The van der Waals surface area contributed by atoms with E-state index >= 15 is 0 Å². The molecule has 0 aliphatic carbocycles. The van der Waals surface area contributed by atoms with E-state index in [0.29, 0.717) is 11.4 Å². The first kappa shape index (κ1) is 13.3. The number of halogens is 1. The van der Waals surface area contributed by atoms with Crippen molar-refractivity contribution < 1.29 is 9.18 Å². The van der Waals surface area contributed by atoms with Crippen molar-refractivity contribution in [3.05, 3.63) is 24.0 Å². The van der Waals surface area contributed by atoms with Gasteiger partial charge in [0.05, 0.1) is 6.54 Å². The average Bonchev–Trinajstić information content (AvgIpc) is 2.10. The highest BCUT2D eigenvalue weighted by atomic mass is 19.1. The van der Waals surface area contributed by atoms with E-state index in [1.54, 1.807) is 6.07 Å². The maximum atomic E-state index is 13.0. The Kier molecular flexibility index (Phi) is 3.93. The van der Waals surface area contributed by atoms with Gasteiger partial charge in [-0.25, -0.2) is 4.39 Å². The molecule has 5 heteroatoms. The molecule has 0 spiro atoms. The van der Waals surface area contributed by atoms with E-state index in [1.807, 2.05) is 20.8 Å². The van der Waals surface area contributed by atoms with Gasteiger partial charge < -0.3 is 16.4 Å². The van der Waals surface area contributed by atoms with Gasteiger partial charge in [0.25, 0.3) is 0 Å². The Morgan fingerprint density at radius 1 is 1.35 bits per heavy atom. The van der Waals surface area contributed by atoms with E-state index < -0.39 is 5.82 Å². The highest BCUT2D eigenvalue weighted by Crippen LogP contribution is 2.14. The number of carbonyl (C=O) groups excluding carboxylic acids is 1. The van der Waals surface area contributed by atoms with Crippen LogP contribution in [0.15, 0.2) is 18.2 Å². The topological polar surface area (TPSA) is 67.2 Å². The van der Waals surface area contributed by atoms with Crippen molar-refractivity contribution in [1.82, 2.24) is 5.32 Å². The monoisotopic (exact) mass is 239 g/mol. The smallest absolute Gasteiger partial charge is 0.239 e. The molecule has 0 radical (unpaired) electrons. The molecule has 4 N–H and O–H groups in total. The number of benzene rings is 1. The molecular weight excluding hydrogens is 221 g/mol. The number of rotatable bonds is 3. The van der Waals surface area contributed by atoms with Crippen LogP contribution in [-0.2, 0) is 4.79 Å². The molecule has 0 fully saturated rings. The Balaban J connectivity index is 2.53. The second-order valence-corrected chi connectivity index (χ2v) is 4.92. The van der Waals surface area contributed by atoms with Gasteiger partial charge in [0.2, 0.25) is 5.91 Å². The number of anilines is 2. The minimum atomic E-state index is -0.427. The van der Waals surface area contributed by atoms with E-state index in [0.717, 1.165) is 0 Å². The predicted molar refractivity (Wildman–Crippen MR) is 67.2 cm³/mol. The van der Waals surface area contributed by atoms with E-state index in [9.17, 15) is 9.18 Å². The number of nitrogens with one attached hydrogen (secondary N) is 2. The number of hydrogen-bond acceptors (Lipinski definition) is 3. The lowest BCUT2D eigenvalue weighted by atomic mass is 10.1. The normalized spacial score (nSPS) is 11.1. The summed E-state index contributed by atoms with van der Waals surface area (Å²) in [4.78, 5) is 11.5. The second-order valence-electron chi connectivity index (χ2n) is 4.92. The SMILES string of the molecule is CC(C)(C)NC(=O)CNc1cc(N)cc(F)c1. The Bertz CT molecular complexity index is 392. The van der Waals surface area contributed by atoms with Crippen LogP contribution in [-0.4, -0.2) is 18.0 Å². The third-order valence-corrected chi connectivity index (χ3v) is 1.89. The summed E-state index contributed by atoms with van der Waals surface area (Å²) in [6.45, 7) is 5.77. The third-order valence-electron chi connectivity index (χ3n) is 1.89. The lowest BCUT2D eigenvalue weighted by Gasteiger charge is -2.20. The van der Waals surface area contributed by atoms with Crippen molar-refractivity contribution in [3.8, 4) is 0 Å². The lowest BCUT2D eigenvalue weighted by molar-refractivity contribution is -0.120. The molecule has 0 aliphatic rings. The molecule has 0 saturated carbocycles. The molecule has 0 bridgehead atoms. The molecule has 0 aromatic heterocycles. The highest BCUT2D eigenvalue weighted by Gasteiger charge is 2.13. The van der Waals surface area contributed by atoms with Crippen LogP contribution in [0.2, 0.25) is 0 Å². The summed E-state index contributed by atoms with van der Waals surface area (Å²) in [5.74, 6) is -0.580. The Labute approximate surface area is 100 Å². The summed E-state index contributed by atoms with van der Waals surface area (Å²) in [6.07, 6.45) is 0. The first-order valence-corrected chi connectivity index (χ1v) is 5.37. The van der Waals surface area contributed by atoms with Crippen molar-refractivity contribution in [3.63, 3.8) is 0 Å². The zero-order valence-corrected chi connectivity index (χ0v) is 10.3. The summed E-state index contributed by atoms with van der Waals surface area (Å²) in [6, 6.07) is 4.09. The Morgan fingerprint density at radius 2 is 2.00 bits per heavy atom. The van der Waals surface area contributed by atoms with E-state index in [1.165, 1.54) is 12.1 Å². The molecule has 0 saturated heterocycles. The molecule has 4 nitrogen and oxygen atoms in total. The standard InChI is InChI=1S/C12H18FN3O/c1-12(2,3)16-11(17)7-15-10-5-8(13)4-9(14)6-10/h4-6,15H,7,14H2,1-3H3,(H,16,17). The summed E-state index contributed by atoms with van der Waals surface area (Å²) >= 11 is 0. The quantitative estimate of drug-likeness (QED) is 0.704. The van der Waals surface area contributed by atoms with Gasteiger partial charge in [-0.05, 0) is 39.0 Å². The predicted octanol–water partition coefficient (Wildman–Crippen LogP) is 1.73. The number of carbonyl (C=O) groups is 1. The van der Waals surface area contributed by atoms with Crippen molar-refractivity contribution in [2.75, 3.05) is 17.6 Å². The zero-order valence-electron chi connectivity index (χ0n) is 10.3. The number of hydrogen-bond donors (Lipinski definition) is 3. The molecule has 1 aromatic rings. The molecule has 17 heavy (non-hydrogen) atoms. The fraction of sp³-hybridized carbons (Fsp3) is 0.417. The van der Waals surface area contributed by atoms with Gasteiger partial charge in [-0.1, -0.05) is 0 Å². The van der Waals surface area contributed by atoms with Crippen molar-refractivity contribution >= 4 is 17.3 Å². The molecule has 0 atom stereocenters. The minimum Gasteiger partial charge on any atom is -0.399 e.